The van der Waals surface area contributed by atoms with Crippen LogP contribution in [0.2, 0.25) is 0 Å². The summed E-state index contributed by atoms with van der Waals surface area (Å²) in [5.41, 5.74) is 0.0939. The smallest absolute Gasteiger partial charge is 0.257 e. The maximum absolute atomic E-state index is 12.8. The molecule has 0 aliphatic heterocycles. The summed E-state index contributed by atoms with van der Waals surface area (Å²) in [6.45, 7) is 2.44. The Morgan fingerprint density at radius 1 is 1.50 bits per heavy atom. The van der Waals surface area contributed by atoms with Gasteiger partial charge in [-0.05, 0) is 24.6 Å². The molecule has 98 valence electrons. The average Bonchev–Trinajstić information content (AvgIpc) is 2.37. The predicted molar refractivity (Wildman–Crippen MR) is 65.2 cm³/mol. The van der Waals surface area contributed by atoms with Gasteiger partial charge in [0.2, 0.25) is 0 Å². The molecule has 0 atom stereocenters. The van der Waals surface area contributed by atoms with Crippen molar-refractivity contribution in [2.75, 3.05) is 13.2 Å². The first kappa shape index (κ1) is 14.2. The second kappa shape index (κ2) is 7.42. The minimum atomic E-state index is -0.517. The molecule has 1 aromatic carbocycles. The van der Waals surface area contributed by atoms with E-state index in [0.717, 1.165) is 18.9 Å². The molecule has 1 N–H and O–H groups in total. The van der Waals surface area contributed by atoms with Gasteiger partial charge in [0.05, 0.1) is 5.56 Å². The van der Waals surface area contributed by atoms with Gasteiger partial charge in [-0.25, -0.2) is 4.39 Å². The summed E-state index contributed by atoms with van der Waals surface area (Å²) in [4.78, 5) is 22.0. The van der Waals surface area contributed by atoms with Crippen molar-refractivity contribution in [1.82, 2.24) is 5.32 Å². The molecule has 0 unspecified atom stereocenters. The Labute approximate surface area is 105 Å². The third kappa shape index (κ3) is 4.53. The maximum atomic E-state index is 12.8. The molecule has 0 bridgehead atoms. The average molecular weight is 253 g/mol. The van der Waals surface area contributed by atoms with Crippen LogP contribution in [0.25, 0.3) is 0 Å². The standard InChI is InChI=1S/C13H16FNO3/c1-2-3-6-15-13(17)9-18-12-5-4-11(14)7-10(12)8-16/h4-5,7-8H,2-3,6,9H2,1H3,(H,15,17). The predicted octanol–water partition coefficient (Wildman–Crippen LogP) is 1.93. The molecule has 0 aromatic heterocycles. The number of nitrogens with one attached hydrogen (secondary N) is 1. The Kier molecular flexibility index (Phi) is 5.84. The van der Waals surface area contributed by atoms with E-state index in [9.17, 15) is 14.0 Å². The third-order valence-electron chi connectivity index (χ3n) is 2.31. The van der Waals surface area contributed by atoms with Gasteiger partial charge in [0.25, 0.3) is 5.91 Å². The Morgan fingerprint density at radius 2 is 2.28 bits per heavy atom. The number of unbranched alkanes of at least 4 members (excludes halogenated alkanes) is 1. The van der Waals surface area contributed by atoms with E-state index in [-0.39, 0.29) is 23.8 Å². The number of halogens is 1. The van der Waals surface area contributed by atoms with Crippen molar-refractivity contribution in [3.05, 3.63) is 29.6 Å². The zero-order chi connectivity index (χ0) is 13.4. The summed E-state index contributed by atoms with van der Waals surface area (Å²) >= 11 is 0. The van der Waals surface area contributed by atoms with Crippen LogP contribution in [0.1, 0.15) is 30.1 Å². The van der Waals surface area contributed by atoms with Crippen molar-refractivity contribution in [1.29, 1.82) is 0 Å². The van der Waals surface area contributed by atoms with Crippen LogP contribution in [-0.4, -0.2) is 25.3 Å². The van der Waals surface area contributed by atoms with Crippen molar-refractivity contribution < 1.29 is 18.7 Å². The van der Waals surface area contributed by atoms with Gasteiger partial charge >= 0.3 is 0 Å². The van der Waals surface area contributed by atoms with Crippen molar-refractivity contribution >= 4 is 12.2 Å². The number of rotatable bonds is 7. The second-order valence-electron chi connectivity index (χ2n) is 3.79. The summed E-state index contributed by atoms with van der Waals surface area (Å²) < 4.78 is 18.0. The molecule has 0 spiro atoms. The van der Waals surface area contributed by atoms with Crippen LogP contribution < -0.4 is 10.1 Å². The zero-order valence-corrected chi connectivity index (χ0v) is 10.2. The molecule has 0 fully saturated rings. The minimum Gasteiger partial charge on any atom is -0.483 e. The first-order chi connectivity index (χ1) is 8.67. The van der Waals surface area contributed by atoms with Crippen molar-refractivity contribution in [2.24, 2.45) is 0 Å². The third-order valence-corrected chi connectivity index (χ3v) is 2.31. The molecule has 1 aromatic rings. The number of hydrogen-bond donors (Lipinski definition) is 1. The van der Waals surface area contributed by atoms with Crippen LogP contribution >= 0.6 is 0 Å². The quantitative estimate of drug-likeness (QED) is 0.596. The summed E-state index contributed by atoms with van der Waals surface area (Å²) in [5.74, 6) is -0.571. The molecule has 4 nitrogen and oxygen atoms in total. The summed E-state index contributed by atoms with van der Waals surface area (Å²) in [5, 5.41) is 2.68. The SMILES string of the molecule is CCCCNC(=O)COc1ccc(F)cc1C=O. The Balaban J connectivity index is 2.48. The number of carbonyl (C=O) groups excluding carboxylic acids is 2. The molecule has 0 saturated heterocycles. The molecular formula is C13H16FNO3. The first-order valence-corrected chi connectivity index (χ1v) is 5.81. The van der Waals surface area contributed by atoms with Gasteiger partial charge in [-0.3, -0.25) is 9.59 Å². The van der Waals surface area contributed by atoms with E-state index >= 15 is 0 Å². The van der Waals surface area contributed by atoms with E-state index < -0.39 is 5.82 Å². The Bertz CT molecular complexity index is 421. The number of hydrogen-bond acceptors (Lipinski definition) is 3. The van der Waals surface area contributed by atoms with Gasteiger partial charge in [0.15, 0.2) is 12.9 Å². The fourth-order valence-corrected chi connectivity index (χ4v) is 1.34. The molecule has 1 amide bonds. The van der Waals surface area contributed by atoms with E-state index in [1.807, 2.05) is 6.92 Å². The van der Waals surface area contributed by atoms with Gasteiger partial charge < -0.3 is 10.1 Å². The lowest BCUT2D eigenvalue weighted by Crippen LogP contribution is -2.29. The van der Waals surface area contributed by atoms with Crippen molar-refractivity contribution in [3.8, 4) is 5.75 Å². The van der Waals surface area contributed by atoms with Crippen LogP contribution in [-0.2, 0) is 4.79 Å². The molecule has 0 aliphatic carbocycles. The highest BCUT2D eigenvalue weighted by Crippen LogP contribution is 2.17. The lowest BCUT2D eigenvalue weighted by molar-refractivity contribution is -0.123. The van der Waals surface area contributed by atoms with E-state index in [1.165, 1.54) is 12.1 Å². The van der Waals surface area contributed by atoms with Crippen LogP contribution in [0.5, 0.6) is 5.75 Å². The minimum absolute atomic E-state index is 0.0939. The Morgan fingerprint density at radius 3 is 2.94 bits per heavy atom. The number of amides is 1. The number of aldehydes is 1. The largest absolute Gasteiger partial charge is 0.483 e. The normalized spacial score (nSPS) is 9.89. The van der Waals surface area contributed by atoms with E-state index in [2.05, 4.69) is 5.32 Å². The second-order valence-corrected chi connectivity index (χ2v) is 3.79. The van der Waals surface area contributed by atoms with Crippen molar-refractivity contribution in [3.63, 3.8) is 0 Å². The van der Waals surface area contributed by atoms with Crippen LogP contribution in [0.3, 0.4) is 0 Å². The first-order valence-electron chi connectivity index (χ1n) is 5.81. The van der Waals surface area contributed by atoms with Crippen LogP contribution in [0.4, 0.5) is 4.39 Å². The molecule has 0 aliphatic rings. The summed E-state index contributed by atoms with van der Waals surface area (Å²) in [6.07, 6.45) is 2.39. The van der Waals surface area contributed by atoms with E-state index in [4.69, 9.17) is 4.74 Å². The Hall–Kier alpha value is -1.91. The zero-order valence-electron chi connectivity index (χ0n) is 10.2. The topological polar surface area (TPSA) is 55.4 Å². The van der Waals surface area contributed by atoms with Gasteiger partial charge in [0.1, 0.15) is 11.6 Å². The highest BCUT2D eigenvalue weighted by atomic mass is 19.1. The molecule has 0 saturated carbocycles. The van der Waals surface area contributed by atoms with E-state index in [0.29, 0.717) is 12.8 Å². The summed E-state index contributed by atoms with van der Waals surface area (Å²) in [7, 11) is 0. The highest BCUT2D eigenvalue weighted by molar-refractivity contribution is 5.80. The lowest BCUT2D eigenvalue weighted by atomic mass is 10.2. The fourth-order valence-electron chi connectivity index (χ4n) is 1.34. The molecule has 1 rings (SSSR count). The van der Waals surface area contributed by atoms with Gasteiger partial charge in [0, 0.05) is 6.54 Å². The molecule has 0 heterocycles. The number of carbonyl (C=O) groups is 2. The van der Waals surface area contributed by atoms with Gasteiger partial charge in [-0.2, -0.15) is 0 Å². The van der Waals surface area contributed by atoms with Gasteiger partial charge in [-0.1, -0.05) is 13.3 Å². The number of ether oxygens (including phenoxy) is 1. The van der Waals surface area contributed by atoms with E-state index in [1.54, 1.807) is 0 Å². The summed E-state index contributed by atoms with van der Waals surface area (Å²) in [6, 6.07) is 3.58. The van der Waals surface area contributed by atoms with Gasteiger partial charge in [-0.15, -0.1) is 0 Å². The molecular weight excluding hydrogens is 237 g/mol. The monoisotopic (exact) mass is 253 g/mol. The van der Waals surface area contributed by atoms with Crippen molar-refractivity contribution in [2.45, 2.75) is 19.8 Å². The maximum Gasteiger partial charge on any atom is 0.257 e. The lowest BCUT2D eigenvalue weighted by Gasteiger charge is -2.08. The molecule has 5 heteroatoms. The highest BCUT2D eigenvalue weighted by Gasteiger charge is 2.07. The van der Waals surface area contributed by atoms with Crippen LogP contribution in [0, 0.1) is 5.82 Å². The molecule has 0 radical (unpaired) electrons. The fraction of sp³-hybridized carbons (Fsp3) is 0.385. The molecule has 18 heavy (non-hydrogen) atoms. The number of benzene rings is 1. The van der Waals surface area contributed by atoms with Crippen LogP contribution in [0.15, 0.2) is 18.2 Å².